The van der Waals surface area contributed by atoms with Crippen LogP contribution < -0.4 is 11.1 Å². The van der Waals surface area contributed by atoms with Gasteiger partial charge in [0, 0.05) is 19.6 Å². The van der Waals surface area contributed by atoms with Gasteiger partial charge in [0.1, 0.15) is 0 Å². The number of nitrogens with one attached hydrogen (secondary N) is 1. The molecule has 0 fully saturated rings. The highest BCUT2D eigenvalue weighted by Gasteiger charge is 2.27. The molecule has 23 heavy (non-hydrogen) atoms. The van der Waals surface area contributed by atoms with E-state index < -0.39 is 0 Å². The number of rotatable bonds is 3. The number of benzene rings is 2. The Morgan fingerprint density at radius 3 is 2.70 bits per heavy atom. The molecule has 3 rings (SSSR count). The average molecular weight is 307 g/mol. The number of nitrogens with two attached hydrogens (primary N) is 1. The zero-order valence-corrected chi connectivity index (χ0v) is 13.9. The van der Waals surface area contributed by atoms with Crippen LogP contribution in [0.3, 0.4) is 0 Å². The summed E-state index contributed by atoms with van der Waals surface area (Å²) >= 11 is 0. The number of nitrogens with zero attached hydrogens (tertiary/aromatic N) is 1. The molecular formula is C20H25N3. The van der Waals surface area contributed by atoms with Crippen LogP contribution in [0.4, 0.5) is 11.4 Å². The lowest BCUT2D eigenvalue weighted by Gasteiger charge is -2.30. The van der Waals surface area contributed by atoms with Crippen molar-refractivity contribution in [2.24, 2.45) is 0 Å². The van der Waals surface area contributed by atoms with Gasteiger partial charge >= 0.3 is 0 Å². The first kappa shape index (κ1) is 15.6. The smallest absolute Gasteiger partial charge is 0.0626 e. The predicted octanol–water partition coefficient (Wildman–Crippen LogP) is 4.05. The number of para-hydroxylation sites is 1. The van der Waals surface area contributed by atoms with Crippen molar-refractivity contribution in [2.45, 2.75) is 19.9 Å². The van der Waals surface area contributed by atoms with Crippen molar-refractivity contribution in [3.63, 3.8) is 0 Å². The molecule has 0 spiro atoms. The van der Waals surface area contributed by atoms with Gasteiger partial charge in [0.25, 0.3) is 0 Å². The topological polar surface area (TPSA) is 41.3 Å². The van der Waals surface area contributed by atoms with Crippen molar-refractivity contribution < 1.29 is 0 Å². The van der Waals surface area contributed by atoms with Crippen LogP contribution in [-0.4, -0.2) is 24.5 Å². The number of anilines is 2. The van der Waals surface area contributed by atoms with E-state index in [4.69, 9.17) is 5.73 Å². The largest absolute Gasteiger partial charge is 0.397 e. The zero-order chi connectivity index (χ0) is 16.2. The second-order valence-electron chi connectivity index (χ2n) is 6.33. The third-order valence-corrected chi connectivity index (χ3v) is 4.34. The molecule has 120 valence electrons. The van der Waals surface area contributed by atoms with Crippen LogP contribution in [0.1, 0.15) is 31.0 Å². The fraction of sp³-hybridized carbons (Fsp3) is 0.300. The Balaban J connectivity index is 2.09. The summed E-state index contributed by atoms with van der Waals surface area (Å²) in [5.41, 5.74) is 12.1. The summed E-state index contributed by atoms with van der Waals surface area (Å²) in [4.78, 5) is 2.51. The first-order valence-electron chi connectivity index (χ1n) is 8.21. The minimum absolute atomic E-state index is 0.222. The molecule has 1 unspecified atom stereocenters. The lowest BCUT2D eigenvalue weighted by Crippen LogP contribution is -2.31. The lowest BCUT2D eigenvalue weighted by atomic mass is 9.95. The monoisotopic (exact) mass is 307 g/mol. The van der Waals surface area contributed by atoms with Crippen molar-refractivity contribution in [1.29, 1.82) is 0 Å². The summed E-state index contributed by atoms with van der Waals surface area (Å²) in [6, 6.07) is 17.1. The van der Waals surface area contributed by atoms with E-state index in [1.54, 1.807) is 0 Å². The van der Waals surface area contributed by atoms with E-state index in [9.17, 15) is 0 Å². The molecule has 1 atom stereocenters. The molecule has 3 nitrogen and oxygen atoms in total. The molecule has 3 N–H and O–H groups in total. The van der Waals surface area contributed by atoms with Crippen molar-refractivity contribution >= 4 is 11.4 Å². The van der Waals surface area contributed by atoms with E-state index in [-0.39, 0.29) is 6.04 Å². The van der Waals surface area contributed by atoms with Crippen molar-refractivity contribution in [2.75, 3.05) is 30.7 Å². The summed E-state index contributed by atoms with van der Waals surface area (Å²) in [5, 5.41) is 3.52. The zero-order valence-electron chi connectivity index (χ0n) is 13.9. The van der Waals surface area contributed by atoms with Gasteiger partial charge in [-0.05, 0) is 31.0 Å². The first-order chi connectivity index (χ1) is 11.2. The Bertz CT molecular complexity index is 687. The normalized spacial score (nSPS) is 17.7. The van der Waals surface area contributed by atoms with E-state index in [1.807, 2.05) is 6.07 Å². The third kappa shape index (κ3) is 3.40. The maximum atomic E-state index is 6.23. The van der Waals surface area contributed by atoms with E-state index >= 15 is 0 Å². The van der Waals surface area contributed by atoms with Gasteiger partial charge in [0.2, 0.25) is 0 Å². The minimum Gasteiger partial charge on any atom is -0.397 e. The fourth-order valence-corrected chi connectivity index (χ4v) is 3.19. The van der Waals surface area contributed by atoms with Crippen molar-refractivity contribution in [1.82, 2.24) is 4.90 Å². The van der Waals surface area contributed by atoms with Crippen molar-refractivity contribution in [3.8, 4) is 0 Å². The molecule has 1 aliphatic heterocycles. The number of fused-ring (bicyclic) bond motifs is 1. The van der Waals surface area contributed by atoms with Crippen LogP contribution in [0.5, 0.6) is 0 Å². The molecule has 2 aromatic rings. The van der Waals surface area contributed by atoms with Gasteiger partial charge in [-0.3, -0.25) is 4.90 Å². The van der Waals surface area contributed by atoms with Crippen molar-refractivity contribution in [3.05, 3.63) is 71.3 Å². The van der Waals surface area contributed by atoms with Crippen LogP contribution in [0, 0.1) is 0 Å². The van der Waals surface area contributed by atoms with Gasteiger partial charge in [-0.1, -0.05) is 54.1 Å². The number of allylic oxidation sites excluding steroid dienone is 1. The van der Waals surface area contributed by atoms with E-state index in [2.05, 4.69) is 72.6 Å². The second kappa shape index (κ2) is 6.88. The molecule has 0 aliphatic carbocycles. The molecule has 0 saturated heterocycles. The highest BCUT2D eigenvalue weighted by molar-refractivity contribution is 5.72. The summed E-state index contributed by atoms with van der Waals surface area (Å²) in [7, 11) is 0. The van der Waals surface area contributed by atoms with Gasteiger partial charge < -0.3 is 11.1 Å². The molecule has 0 saturated carbocycles. The van der Waals surface area contributed by atoms with Crippen LogP contribution in [0.25, 0.3) is 0 Å². The van der Waals surface area contributed by atoms with Crippen LogP contribution >= 0.6 is 0 Å². The predicted molar refractivity (Wildman–Crippen MR) is 98.6 cm³/mol. The summed E-state index contributed by atoms with van der Waals surface area (Å²) in [6.07, 6.45) is 2.30. The second-order valence-corrected chi connectivity index (χ2v) is 6.33. The van der Waals surface area contributed by atoms with Crippen LogP contribution in [-0.2, 0) is 0 Å². The van der Waals surface area contributed by atoms with Gasteiger partial charge in [-0.2, -0.15) is 0 Å². The van der Waals surface area contributed by atoms with Gasteiger partial charge in [-0.25, -0.2) is 0 Å². The Hall–Kier alpha value is -2.26. The minimum atomic E-state index is 0.222. The standard InChI is InChI=1S/C20H25N3/c1-15(2)11-13-23-14-12-22-19-17(9-6-10-18(19)21)20(23)16-7-4-3-5-8-16/h3-11,20,22H,12-14,21H2,1-2H3. The number of nitrogen functional groups attached to an aromatic ring is 1. The van der Waals surface area contributed by atoms with Crippen LogP contribution in [0.15, 0.2) is 60.2 Å². The molecule has 0 radical (unpaired) electrons. The summed E-state index contributed by atoms with van der Waals surface area (Å²) < 4.78 is 0. The maximum absolute atomic E-state index is 6.23. The SMILES string of the molecule is CC(C)=CCN1CCNc2c(N)cccc2C1c1ccccc1. The number of hydrogen-bond acceptors (Lipinski definition) is 3. The lowest BCUT2D eigenvalue weighted by molar-refractivity contribution is 0.265. The quantitative estimate of drug-likeness (QED) is 0.664. The maximum Gasteiger partial charge on any atom is 0.0626 e. The van der Waals surface area contributed by atoms with Gasteiger partial charge in [0.15, 0.2) is 0 Å². The Kier molecular flexibility index (Phi) is 4.68. The first-order valence-corrected chi connectivity index (χ1v) is 8.21. The summed E-state index contributed by atoms with van der Waals surface area (Å²) in [6.45, 7) is 7.13. The van der Waals surface area contributed by atoms with Crippen LogP contribution in [0.2, 0.25) is 0 Å². The van der Waals surface area contributed by atoms with E-state index in [0.717, 1.165) is 31.0 Å². The molecule has 0 amide bonds. The highest BCUT2D eigenvalue weighted by atomic mass is 15.2. The molecule has 2 aromatic carbocycles. The molecule has 0 aromatic heterocycles. The third-order valence-electron chi connectivity index (χ3n) is 4.34. The molecular weight excluding hydrogens is 282 g/mol. The Morgan fingerprint density at radius 2 is 1.96 bits per heavy atom. The van der Waals surface area contributed by atoms with E-state index in [0.29, 0.717) is 0 Å². The average Bonchev–Trinajstić information content (AvgIpc) is 2.74. The molecule has 3 heteroatoms. The Labute approximate surface area is 138 Å². The Morgan fingerprint density at radius 1 is 1.17 bits per heavy atom. The highest BCUT2D eigenvalue weighted by Crippen LogP contribution is 2.37. The van der Waals surface area contributed by atoms with Gasteiger partial charge in [0.05, 0.1) is 17.4 Å². The van der Waals surface area contributed by atoms with Gasteiger partial charge in [-0.15, -0.1) is 0 Å². The number of hydrogen-bond donors (Lipinski definition) is 2. The summed E-state index contributed by atoms with van der Waals surface area (Å²) in [5.74, 6) is 0. The molecule has 1 heterocycles. The molecule has 0 bridgehead atoms. The molecule has 1 aliphatic rings. The fourth-order valence-electron chi connectivity index (χ4n) is 3.19. The van der Waals surface area contributed by atoms with E-state index in [1.165, 1.54) is 16.7 Å².